The molecule has 100 valence electrons. The lowest BCUT2D eigenvalue weighted by atomic mass is 10.1. The van der Waals surface area contributed by atoms with Crippen LogP contribution in [-0.4, -0.2) is 16.8 Å². The van der Waals surface area contributed by atoms with Crippen LogP contribution >= 0.6 is 0 Å². The summed E-state index contributed by atoms with van der Waals surface area (Å²) in [5.41, 5.74) is 2.96. The predicted molar refractivity (Wildman–Crippen MR) is 73.9 cm³/mol. The van der Waals surface area contributed by atoms with E-state index in [1.165, 1.54) is 0 Å². The van der Waals surface area contributed by atoms with Crippen LogP contribution in [0.25, 0.3) is 0 Å². The zero-order valence-corrected chi connectivity index (χ0v) is 10.7. The van der Waals surface area contributed by atoms with E-state index in [-0.39, 0.29) is 13.2 Å². The number of rotatable bonds is 6. The summed E-state index contributed by atoms with van der Waals surface area (Å²) in [4.78, 5) is 0. The topological polar surface area (TPSA) is 49.7 Å². The average molecular weight is 258 g/mol. The van der Waals surface area contributed by atoms with E-state index >= 15 is 0 Å². The molecule has 2 N–H and O–H groups in total. The van der Waals surface area contributed by atoms with Gasteiger partial charge in [0.25, 0.3) is 0 Å². The van der Waals surface area contributed by atoms with Crippen LogP contribution in [0, 0.1) is 0 Å². The Morgan fingerprint density at radius 1 is 0.842 bits per heavy atom. The van der Waals surface area contributed by atoms with E-state index in [1.54, 1.807) is 0 Å². The maximum atomic E-state index is 9.01. The zero-order chi connectivity index (χ0) is 13.5. The summed E-state index contributed by atoms with van der Waals surface area (Å²) in [6.07, 6.45) is 0.597. The first-order valence-electron chi connectivity index (χ1n) is 6.33. The first-order valence-corrected chi connectivity index (χ1v) is 6.33. The second-order valence-corrected chi connectivity index (χ2v) is 4.34. The Morgan fingerprint density at radius 3 is 2.21 bits per heavy atom. The SMILES string of the molecule is OCCc1ccccc1OCc1ccc(CO)cc1. The van der Waals surface area contributed by atoms with Crippen molar-refractivity contribution in [1.29, 1.82) is 0 Å². The minimum absolute atomic E-state index is 0.0560. The van der Waals surface area contributed by atoms with Crippen molar-refractivity contribution < 1.29 is 14.9 Å². The van der Waals surface area contributed by atoms with Crippen molar-refractivity contribution in [2.24, 2.45) is 0 Å². The number of benzene rings is 2. The van der Waals surface area contributed by atoms with Gasteiger partial charge in [0.2, 0.25) is 0 Å². The number of hydrogen-bond donors (Lipinski definition) is 2. The Hall–Kier alpha value is -1.84. The molecule has 0 amide bonds. The van der Waals surface area contributed by atoms with Crippen LogP contribution < -0.4 is 4.74 Å². The molecule has 2 rings (SSSR count). The average Bonchev–Trinajstić information content (AvgIpc) is 2.47. The van der Waals surface area contributed by atoms with Crippen molar-refractivity contribution in [3.63, 3.8) is 0 Å². The van der Waals surface area contributed by atoms with Crippen LogP contribution in [-0.2, 0) is 19.6 Å². The highest BCUT2D eigenvalue weighted by molar-refractivity contribution is 5.34. The third kappa shape index (κ3) is 3.81. The van der Waals surface area contributed by atoms with Gasteiger partial charge in [0.15, 0.2) is 0 Å². The smallest absolute Gasteiger partial charge is 0.123 e. The Bertz CT molecular complexity index is 506. The summed E-state index contributed by atoms with van der Waals surface area (Å²) in [7, 11) is 0. The van der Waals surface area contributed by atoms with E-state index in [0.717, 1.165) is 22.4 Å². The standard InChI is InChI=1S/C16H18O3/c17-10-9-15-3-1-2-4-16(15)19-12-14-7-5-13(11-18)6-8-14/h1-8,17-18H,9-12H2. The quantitative estimate of drug-likeness (QED) is 0.836. The molecule has 0 fully saturated rings. The number of aliphatic hydroxyl groups excluding tert-OH is 2. The number of ether oxygens (including phenoxy) is 1. The molecular weight excluding hydrogens is 240 g/mol. The van der Waals surface area contributed by atoms with Crippen LogP contribution in [0.2, 0.25) is 0 Å². The van der Waals surface area contributed by atoms with Crippen LogP contribution in [0.15, 0.2) is 48.5 Å². The number of para-hydroxylation sites is 1. The molecule has 3 heteroatoms. The van der Waals surface area contributed by atoms with Gasteiger partial charge < -0.3 is 14.9 Å². The maximum Gasteiger partial charge on any atom is 0.123 e. The summed E-state index contributed by atoms with van der Waals surface area (Å²) >= 11 is 0. The fraction of sp³-hybridized carbons (Fsp3) is 0.250. The van der Waals surface area contributed by atoms with Crippen molar-refractivity contribution in [3.8, 4) is 5.75 Å². The Kier molecular flexibility index (Phi) is 4.95. The third-order valence-corrected chi connectivity index (χ3v) is 2.95. The van der Waals surface area contributed by atoms with Crippen molar-refractivity contribution >= 4 is 0 Å². The minimum Gasteiger partial charge on any atom is -0.489 e. The first-order chi connectivity index (χ1) is 9.33. The maximum absolute atomic E-state index is 9.01. The summed E-state index contributed by atoms with van der Waals surface area (Å²) in [6.45, 7) is 0.653. The molecule has 0 spiro atoms. The Morgan fingerprint density at radius 2 is 1.53 bits per heavy atom. The molecule has 0 saturated heterocycles. The van der Waals surface area contributed by atoms with Gasteiger partial charge in [0.1, 0.15) is 12.4 Å². The summed E-state index contributed by atoms with van der Waals surface area (Å²) < 4.78 is 5.78. The first kappa shape index (κ1) is 13.6. The summed E-state index contributed by atoms with van der Waals surface area (Å²) in [5.74, 6) is 0.808. The van der Waals surface area contributed by atoms with Crippen molar-refractivity contribution in [2.45, 2.75) is 19.6 Å². The van der Waals surface area contributed by atoms with Gasteiger partial charge in [0.05, 0.1) is 6.61 Å². The molecule has 0 radical (unpaired) electrons. The van der Waals surface area contributed by atoms with Gasteiger partial charge in [-0.2, -0.15) is 0 Å². The van der Waals surface area contributed by atoms with Crippen LogP contribution in [0.5, 0.6) is 5.75 Å². The molecule has 0 aliphatic rings. The highest BCUT2D eigenvalue weighted by atomic mass is 16.5. The molecule has 0 bridgehead atoms. The molecular formula is C16H18O3. The molecule has 0 saturated carbocycles. The highest BCUT2D eigenvalue weighted by Crippen LogP contribution is 2.19. The lowest BCUT2D eigenvalue weighted by Gasteiger charge is -2.11. The number of hydrogen-bond acceptors (Lipinski definition) is 3. The van der Waals surface area contributed by atoms with Gasteiger partial charge in [-0.1, -0.05) is 42.5 Å². The predicted octanol–water partition coefficient (Wildman–Crippen LogP) is 2.29. The number of aliphatic hydroxyl groups is 2. The molecule has 0 aliphatic carbocycles. The fourth-order valence-electron chi connectivity index (χ4n) is 1.87. The lowest BCUT2D eigenvalue weighted by molar-refractivity contribution is 0.280. The van der Waals surface area contributed by atoms with Crippen LogP contribution in [0.3, 0.4) is 0 Å². The van der Waals surface area contributed by atoms with Gasteiger partial charge in [-0.05, 0) is 29.2 Å². The van der Waals surface area contributed by atoms with E-state index in [2.05, 4.69) is 0 Å². The summed E-state index contributed by atoms with van der Waals surface area (Å²) in [6, 6.07) is 15.4. The Balaban J connectivity index is 2.01. The lowest BCUT2D eigenvalue weighted by Crippen LogP contribution is -2.00. The van der Waals surface area contributed by atoms with Gasteiger partial charge in [-0.15, -0.1) is 0 Å². The highest BCUT2D eigenvalue weighted by Gasteiger charge is 2.02. The third-order valence-electron chi connectivity index (χ3n) is 2.95. The van der Waals surface area contributed by atoms with Gasteiger partial charge in [-0.25, -0.2) is 0 Å². The molecule has 0 aromatic heterocycles. The molecule has 2 aromatic carbocycles. The largest absolute Gasteiger partial charge is 0.489 e. The van der Waals surface area contributed by atoms with Crippen molar-refractivity contribution in [2.75, 3.05) is 6.61 Å². The van der Waals surface area contributed by atoms with Crippen molar-refractivity contribution in [3.05, 3.63) is 65.2 Å². The normalized spacial score (nSPS) is 10.4. The zero-order valence-electron chi connectivity index (χ0n) is 10.7. The van der Waals surface area contributed by atoms with Gasteiger partial charge in [-0.3, -0.25) is 0 Å². The molecule has 0 aliphatic heterocycles. The summed E-state index contributed by atoms with van der Waals surface area (Å²) in [5, 5.41) is 18.0. The van der Waals surface area contributed by atoms with Crippen LogP contribution in [0.1, 0.15) is 16.7 Å². The van der Waals surface area contributed by atoms with E-state index in [1.807, 2.05) is 48.5 Å². The minimum atomic E-state index is 0.0560. The monoisotopic (exact) mass is 258 g/mol. The van der Waals surface area contributed by atoms with Gasteiger partial charge in [0, 0.05) is 6.61 Å². The second-order valence-electron chi connectivity index (χ2n) is 4.34. The molecule has 19 heavy (non-hydrogen) atoms. The second kappa shape index (κ2) is 6.92. The van der Waals surface area contributed by atoms with E-state index in [9.17, 15) is 0 Å². The molecule has 0 unspecified atom stereocenters. The molecule has 0 heterocycles. The molecule has 2 aromatic rings. The van der Waals surface area contributed by atoms with Crippen LogP contribution in [0.4, 0.5) is 0 Å². The molecule has 0 atom stereocenters. The van der Waals surface area contributed by atoms with E-state index in [0.29, 0.717) is 13.0 Å². The fourth-order valence-corrected chi connectivity index (χ4v) is 1.87. The van der Waals surface area contributed by atoms with E-state index < -0.39 is 0 Å². The van der Waals surface area contributed by atoms with Gasteiger partial charge >= 0.3 is 0 Å². The van der Waals surface area contributed by atoms with Crippen molar-refractivity contribution in [1.82, 2.24) is 0 Å². The molecule has 3 nitrogen and oxygen atoms in total. The van der Waals surface area contributed by atoms with E-state index in [4.69, 9.17) is 14.9 Å². The Labute approximate surface area is 113 Å².